The van der Waals surface area contributed by atoms with Crippen LogP contribution in [-0.4, -0.2) is 180 Å². The number of ether oxygens (including phenoxy) is 6. The fraction of sp³-hybridized carbons (Fsp3) is 0.921. The molecule has 0 aromatic carbocycles. The number of hydrogen-bond acceptors (Lipinski definition) is 18. The van der Waals surface area contributed by atoms with Crippen molar-refractivity contribution in [3.8, 4) is 0 Å². The number of fused-ring (bicyclic) bond motifs is 3. The van der Waals surface area contributed by atoms with E-state index in [4.69, 9.17) is 28.4 Å². The van der Waals surface area contributed by atoms with Crippen molar-refractivity contribution in [3.05, 3.63) is 12.2 Å². The molecule has 3 saturated heterocycles. The second kappa shape index (κ2) is 15.6. The molecule has 18 heteroatoms. The van der Waals surface area contributed by atoms with Crippen LogP contribution in [0.3, 0.4) is 0 Å². The van der Waals surface area contributed by atoms with Gasteiger partial charge in [0.15, 0.2) is 12.6 Å². The first-order chi connectivity index (χ1) is 26.4. The van der Waals surface area contributed by atoms with Gasteiger partial charge in [-0.3, -0.25) is 4.79 Å². The van der Waals surface area contributed by atoms with Crippen molar-refractivity contribution in [2.24, 2.45) is 28.1 Å². The molecule has 3 heterocycles. The number of esters is 1. The van der Waals surface area contributed by atoms with Crippen LogP contribution in [0.4, 0.5) is 0 Å². The van der Waals surface area contributed by atoms with Gasteiger partial charge in [-0.25, -0.2) is 0 Å². The lowest BCUT2D eigenvalue weighted by molar-refractivity contribution is -0.378. The molecule has 320 valence electrons. The van der Waals surface area contributed by atoms with Crippen LogP contribution in [0.5, 0.6) is 0 Å². The number of aliphatic hydroxyl groups is 11. The monoisotopic (exact) mass is 804 g/mol. The van der Waals surface area contributed by atoms with Crippen LogP contribution in [0.1, 0.15) is 71.6 Å². The molecule has 7 aliphatic rings. The van der Waals surface area contributed by atoms with Gasteiger partial charge < -0.3 is 84.6 Å². The van der Waals surface area contributed by atoms with Crippen molar-refractivity contribution >= 4 is 5.97 Å². The van der Waals surface area contributed by atoms with Gasteiger partial charge in [0.2, 0.25) is 6.29 Å². The van der Waals surface area contributed by atoms with Gasteiger partial charge in [-0.05, 0) is 86.5 Å². The summed E-state index contributed by atoms with van der Waals surface area (Å²) in [4.78, 5) is 14.1. The molecule has 0 radical (unpaired) electrons. The minimum absolute atomic E-state index is 0.121. The molecule has 2 bridgehead atoms. The summed E-state index contributed by atoms with van der Waals surface area (Å²) >= 11 is 0. The van der Waals surface area contributed by atoms with E-state index in [1.807, 2.05) is 6.92 Å². The Balaban J connectivity index is 1.10. The highest BCUT2D eigenvalue weighted by atomic mass is 16.8. The molecule has 0 amide bonds. The van der Waals surface area contributed by atoms with E-state index in [9.17, 15) is 61.0 Å². The highest BCUT2D eigenvalue weighted by molar-refractivity contribution is 5.77. The van der Waals surface area contributed by atoms with Crippen LogP contribution in [0.25, 0.3) is 0 Å². The van der Waals surface area contributed by atoms with E-state index < -0.39 is 129 Å². The fourth-order valence-corrected chi connectivity index (χ4v) is 12.0. The third kappa shape index (κ3) is 6.69. The lowest BCUT2D eigenvalue weighted by Gasteiger charge is -2.64. The van der Waals surface area contributed by atoms with Gasteiger partial charge >= 0.3 is 5.97 Å². The van der Waals surface area contributed by atoms with E-state index >= 15 is 0 Å². The molecule has 7 rings (SSSR count). The predicted octanol–water partition coefficient (Wildman–Crippen LogP) is -2.94. The van der Waals surface area contributed by atoms with E-state index in [0.29, 0.717) is 44.9 Å². The summed E-state index contributed by atoms with van der Waals surface area (Å²) in [6, 6.07) is 0. The van der Waals surface area contributed by atoms with E-state index in [0.717, 1.165) is 18.4 Å². The Morgan fingerprint density at radius 2 is 1.21 bits per heavy atom. The Morgan fingerprint density at radius 3 is 1.82 bits per heavy atom. The van der Waals surface area contributed by atoms with E-state index in [-0.39, 0.29) is 22.7 Å². The first-order valence-electron chi connectivity index (χ1n) is 19.9. The van der Waals surface area contributed by atoms with Crippen LogP contribution in [-0.2, 0) is 33.2 Å². The average Bonchev–Trinajstić information content (AvgIpc) is 3.37. The standard InChI is InChI=1S/C38H60O18/c1-16-11-37-9-5-20-35(2,7-4-8-36(20,3)34(50)55-32-29(49)26(46)23(43)18(13-40)52-32)21(37)6-10-38(16,15-37)56-33-30(27(47)24(44)19(14-41)53-33)54-31-28(48)25(45)22(42)17(12-39)51-31/h17-33,39-49H,1,4-15H2,2-3H3/t17?,18?,19?,20-,21-,22?,23?,24?,25?,26?,27?,28?,29?,30?,31?,32?,33?,35+,36+,37+,38-/m0/s1. The van der Waals surface area contributed by atoms with Crippen molar-refractivity contribution in [1.82, 2.24) is 0 Å². The Hall–Kier alpha value is -1.43. The topological polar surface area (TPSA) is 295 Å². The first-order valence-corrected chi connectivity index (χ1v) is 19.9. The first kappa shape index (κ1) is 42.7. The quantitative estimate of drug-likeness (QED) is 0.0631. The molecule has 0 aromatic rings. The third-order valence-corrected chi connectivity index (χ3v) is 15.0. The van der Waals surface area contributed by atoms with Crippen LogP contribution < -0.4 is 0 Å². The summed E-state index contributed by atoms with van der Waals surface area (Å²) in [5.74, 6) is -0.591. The van der Waals surface area contributed by atoms with Gasteiger partial charge in [-0.1, -0.05) is 19.9 Å². The minimum Gasteiger partial charge on any atom is -0.432 e. The van der Waals surface area contributed by atoms with Crippen LogP contribution in [0.2, 0.25) is 0 Å². The van der Waals surface area contributed by atoms with Crippen LogP contribution >= 0.6 is 0 Å². The zero-order valence-corrected chi connectivity index (χ0v) is 31.8. The lowest BCUT2D eigenvalue weighted by Crippen LogP contribution is -2.65. The van der Waals surface area contributed by atoms with Gasteiger partial charge in [0, 0.05) is 0 Å². The molecule has 11 N–H and O–H groups in total. The van der Waals surface area contributed by atoms with Crippen molar-refractivity contribution in [2.45, 2.75) is 169 Å². The smallest absolute Gasteiger partial charge is 0.314 e. The maximum atomic E-state index is 14.1. The number of rotatable bonds is 9. The molecule has 4 saturated carbocycles. The molecule has 15 unspecified atom stereocenters. The molecular formula is C38H60O18. The summed E-state index contributed by atoms with van der Waals surface area (Å²) < 4.78 is 35.6. The van der Waals surface area contributed by atoms with Gasteiger partial charge in [-0.15, -0.1) is 0 Å². The second-order valence-electron chi connectivity index (χ2n) is 18.0. The van der Waals surface area contributed by atoms with Crippen molar-refractivity contribution in [1.29, 1.82) is 0 Å². The van der Waals surface area contributed by atoms with Gasteiger partial charge in [0.05, 0.1) is 30.8 Å². The van der Waals surface area contributed by atoms with Gasteiger partial charge in [0.1, 0.15) is 73.2 Å². The summed E-state index contributed by atoms with van der Waals surface area (Å²) in [5.41, 5.74) is -1.80. The number of carbonyl (C=O) groups excluding carboxylic acids is 1. The summed E-state index contributed by atoms with van der Waals surface area (Å²) in [7, 11) is 0. The minimum atomic E-state index is -1.81. The zero-order chi connectivity index (χ0) is 40.7. The fourth-order valence-electron chi connectivity index (χ4n) is 12.0. The maximum Gasteiger partial charge on any atom is 0.314 e. The molecule has 21 atom stereocenters. The van der Waals surface area contributed by atoms with E-state index in [2.05, 4.69) is 13.5 Å². The van der Waals surface area contributed by atoms with Crippen molar-refractivity contribution < 1.29 is 89.4 Å². The Bertz CT molecular complexity index is 1450. The largest absolute Gasteiger partial charge is 0.432 e. The third-order valence-electron chi connectivity index (χ3n) is 15.0. The lowest BCUT2D eigenvalue weighted by atomic mass is 9.41. The van der Waals surface area contributed by atoms with E-state index in [1.165, 1.54) is 0 Å². The molecule has 56 heavy (non-hydrogen) atoms. The highest BCUT2D eigenvalue weighted by Gasteiger charge is 2.69. The molecular weight excluding hydrogens is 744 g/mol. The number of hydrogen-bond donors (Lipinski definition) is 11. The molecule has 18 nitrogen and oxygen atoms in total. The Kier molecular flexibility index (Phi) is 11.9. The number of carbonyl (C=O) groups is 1. The van der Waals surface area contributed by atoms with Gasteiger partial charge in [-0.2, -0.15) is 0 Å². The summed E-state index contributed by atoms with van der Waals surface area (Å²) in [6.07, 6.45) is -17.8. The summed E-state index contributed by atoms with van der Waals surface area (Å²) in [6.45, 7) is 6.52. The second-order valence-corrected chi connectivity index (χ2v) is 18.0. The molecule has 7 fully saturated rings. The highest BCUT2D eigenvalue weighted by Crippen LogP contribution is 2.73. The van der Waals surface area contributed by atoms with Gasteiger partial charge in [0.25, 0.3) is 0 Å². The zero-order valence-electron chi connectivity index (χ0n) is 31.8. The van der Waals surface area contributed by atoms with Crippen LogP contribution in [0.15, 0.2) is 12.2 Å². The maximum absolute atomic E-state index is 14.1. The Labute approximate surface area is 324 Å². The Morgan fingerprint density at radius 1 is 0.679 bits per heavy atom. The normalized spacial score (nSPS) is 54.6. The van der Waals surface area contributed by atoms with Crippen LogP contribution in [0, 0.1) is 28.1 Å². The molecule has 4 aliphatic carbocycles. The SMILES string of the molecule is C=C1C[C@@]23CC[C@H]4[C@@](C)(CCC[C@@]4(C)C(=O)OC4OC(CO)C(O)C(O)C4O)[C@@H]2CC[C@]1(OC1OC(CO)C(O)C(O)C1OC1OC(CO)C(O)C(O)C1O)C3. The molecule has 0 aromatic heterocycles. The van der Waals surface area contributed by atoms with Crippen molar-refractivity contribution in [3.63, 3.8) is 0 Å². The molecule has 1 spiro atoms. The molecule has 3 aliphatic heterocycles. The predicted molar refractivity (Wildman–Crippen MR) is 186 cm³/mol. The van der Waals surface area contributed by atoms with E-state index in [1.54, 1.807) is 0 Å². The number of aliphatic hydroxyl groups excluding tert-OH is 11. The average molecular weight is 805 g/mol. The summed E-state index contributed by atoms with van der Waals surface area (Å²) in [5, 5.41) is 114. The van der Waals surface area contributed by atoms with Crippen molar-refractivity contribution in [2.75, 3.05) is 19.8 Å².